The first kappa shape index (κ1) is 13.3. The van der Waals surface area contributed by atoms with E-state index in [9.17, 15) is 9.59 Å². The molecule has 0 atom stereocenters. The highest BCUT2D eigenvalue weighted by atomic mass is 16.4. The first-order chi connectivity index (χ1) is 8.99. The number of hydrogen-bond acceptors (Lipinski definition) is 4. The van der Waals surface area contributed by atoms with Gasteiger partial charge in [-0.25, -0.2) is 9.78 Å². The van der Waals surface area contributed by atoms with E-state index >= 15 is 0 Å². The molecule has 6 nitrogen and oxygen atoms in total. The van der Waals surface area contributed by atoms with Crippen molar-refractivity contribution in [2.45, 2.75) is 13.3 Å². The van der Waals surface area contributed by atoms with Gasteiger partial charge in [0.1, 0.15) is 5.82 Å². The fourth-order valence-electron chi connectivity index (χ4n) is 2.13. The van der Waals surface area contributed by atoms with E-state index < -0.39 is 5.97 Å². The molecule has 102 valence electrons. The molecule has 0 radical (unpaired) electrons. The second-order valence-corrected chi connectivity index (χ2v) is 4.70. The summed E-state index contributed by atoms with van der Waals surface area (Å²) in [7, 11) is 1.79. The van der Waals surface area contributed by atoms with Crippen molar-refractivity contribution < 1.29 is 14.7 Å². The Morgan fingerprint density at radius 3 is 2.74 bits per heavy atom. The number of aromatic carboxylic acids is 1. The monoisotopic (exact) mass is 263 g/mol. The molecule has 2 rings (SSSR count). The molecular formula is C13H17N3O3. The molecule has 0 bridgehead atoms. The van der Waals surface area contributed by atoms with Gasteiger partial charge < -0.3 is 14.9 Å². The van der Waals surface area contributed by atoms with Crippen molar-refractivity contribution in [3.63, 3.8) is 0 Å². The topological polar surface area (TPSA) is 73.7 Å². The smallest absolute Gasteiger partial charge is 0.337 e. The van der Waals surface area contributed by atoms with E-state index in [0.29, 0.717) is 11.5 Å². The van der Waals surface area contributed by atoms with E-state index in [2.05, 4.69) is 4.98 Å². The van der Waals surface area contributed by atoms with Crippen molar-refractivity contribution in [2.24, 2.45) is 0 Å². The Kier molecular flexibility index (Phi) is 3.69. The minimum Gasteiger partial charge on any atom is -0.478 e. The molecular weight excluding hydrogens is 246 g/mol. The van der Waals surface area contributed by atoms with Gasteiger partial charge in [0.2, 0.25) is 5.91 Å². The normalized spacial score (nSPS) is 16.4. The lowest BCUT2D eigenvalue weighted by atomic mass is 10.2. The third-order valence-corrected chi connectivity index (χ3v) is 3.30. The third-order valence-electron chi connectivity index (χ3n) is 3.30. The predicted molar refractivity (Wildman–Crippen MR) is 70.4 cm³/mol. The summed E-state index contributed by atoms with van der Waals surface area (Å²) < 4.78 is 0. The summed E-state index contributed by atoms with van der Waals surface area (Å²) in [4.78, 5) is 30.7. The van der Waals surface area contributed by atoms with Crippen molar-refractivity contribution in [1.29, 1.82) is 0 Å². The summed E-state index contributed by atoms with van der Waals surface area (Å²) in [5, 5.41) is 8.97. The summed E-state index contributed by atoms with van der Waals surface area (Å²) in [5.74, 6) is -0.270. The summed E-state index contributed by atoms with van der Waals surface area (Å²) in [6.45, 7) is 3.44. The molecule has 1 aliphatic heterocycles. The van der Waals surface area contributed by atoms with Crippen LogP contribution in [0.4, 0.5) is 5.82 Å². The van der Waals surface area contributed by atoms with E-state index in [0.717, 1.165) is 19.5 Å². The number of hydrogen-bond donors (Lipinski definition) is 1. The van der Waals surface area contributed by atoms with Crippen LogP contribution in [0.1, 0.15) is 22.5 Å². The molecule has 19 heavy (non-hydrogen) atoms. The zero-order chi connectivity index (χ0) is 14.0. The van der Waals surface area contributed by atoms with Gasteiger partial charge in [0, 0.05) is 20.1 Å². The molecule has 0 unspecified atom stereocenters. The van der Waals surface area contributed by atoms with Gasteiger partial charge in [-0.1, -0.05) is 0 Å². The largest absolute Gasteiger partial charge is 0.478 e. The van der Waals surface area contributed by atoms with Crippen molar-refractivity contribution in [2.75, 3.05) is 31.6 Å². The number of carboxylic acid groups (broad SMARTS) is 1. The van der Waals surface area contributed by atoms with Crippen molar-refractivity contribution in [1.82, 2.24) is 9.88 Å². The Morgan fingerprint density at radius 1 is 1.37 bits per heavy atom. The molecule has 1 fully saturated rings. The van der Waals surface area contributed by atoms with Crippen LogP contribution < -0.4 is 4.90 Å². The van der Waals surface area contributed by atoms with E-state index in [1.54, 1.807) is 31.0 Å². The molecule has 2 heterocycles. The second-order valence-electron chi connectivity index (χ2n) is 4.70. The quantitative estimate of drug-likeness (QED) is 0.852. The molecule has 1 aromatic rings. The van der Waals surface area contributed by atoms with Crippen LogP contribution in [0, 0.1) is 6.92 Å². The van der Waals surface area contributed by atoms with Gasteiger partial charge in [0.25, 0.3) is 0 Å². The summed E-state index contributed by atoms with van der Waals surface area (Å²) >= 11 is 0. The van der Waals surface area contributed by atoms with Crippen LogP contribution in [0.25, 0.3) is 0 Å². The number of aromatic nitrogens is 1. The number of pyridine rings is 1. The number of amides is 1. The van der Waals surface area contributed by atoms with E-state index in [4.69, 9.17) is 5.11 Å². The molecule has 1 amide bonds. The number of aryl methyl sites for hydroxylation is 1. The number of anilines is 1. The number of likely N-dealkylation sites (N-methyl/N-ethyl adjacent to an activating group) is 1. The van der Waals surface area contributed by atoms with Crippen LogP contribution in [-0.4, -0.2) is 53.5 Å². The molecule has 1 N–H and O–H groups in total. The van der Waals surface area contributed by atoms with Crippen molar-refractivity contribution in [3.05, 3.63) is 23.4 Å². The molecule has 0 saturated carbocycles. The van der Waals surface area contributed by atoms with Gasteiger partial charge in [0.15, 0.2) is 0 Å². The average molecular weight is 263 g/mol. The second kappa shape index (κ2) is 5.26. The Hall–Kier alpha value is -2.11. The SMILES string of the molecule is Cc1nc(N2CCCN(C)C(=O)C2)ccc1C(=O)O. The highest BCUT2D eigenvalue weighted by Crippen LogP contribution is 2.17. The minimum atomic E-state index is -0.983. The molecule has 0 aliphatic carbocycles. The van der Waals surface area contributed by atoms with E-state index in [1.807, 2.05) is 4.90 Å². The Balaban J connectivity index is 2.24. The molecule has 6 heteroatoms. The number of carbonyl (C=O) groups excluding carboxylic acids is 1. The lowest BCUT2D eigenvalue weighted by Gasteiger charge is -2.21. The van der Waals surface area contributed by atoms with Gasteiger partial charge in [0.05, 0.1) is 17.8 Å². The van der Waals surface area contributed by atoms with E-state index in [1.165, 1.54) is 0 Å². The maximum Gasteiger partial charge on any atom is 0.337 e. The Bertz CT molecular complexity index is 516. The van der Waals surface area contributed by atoms with Crippen molar-refractivity contribution >= 4 is 17.7 Å². The predicted octanol–water partition coefficient (Wildman–Crippen LogP) is 0.757. The van der Waals surface area contributed by atoms with Crippen LogP contribution in [0.15, 0.2) is 12.1 Å². The number of nitrogens with zero attached hydrogens (tertiary/aromatic N) is 3. The molecule has 0 spiro atoms. The standard InChI is InChI=1S/C13H17N3O3/c1-9-10(13(18)19)4-5-11(14-9)16-7-3-6-15(2)12(17)8-16/h4-5H,3,6-8H2,1-2H3,(H,18,19). The molecule has 1 saturated heterocycles. The van der Waals surface area contributed by atoms with Crippen molar-refractivity contribution in [3.8, 4) is 0 Å². The Morgan fingerprint density at radius 2 is 2.11 bits per heavy atom. The van der Waals surface area contributed by atoms with Crippen LogP contribution in [0.2, 0.25) is 0 Å². The Labute approximate surface area is 111 Å². The lowest BCUT2D eigenvalue weighted by Crippen LogP contribution is -2.34. The third kappa shape index (κ3) is 2.83. The zero-order valence-corrected chi connectivity index (χ0v) is 11.1. The number of carboxylic acids is 1. The number of carbonyl (C=O) groups is 2. The van der Waals surface area contributed by atoms with Gasteiger partial charge in [-0.3, -0.25) is 4.79 Å². The van der Waals surface area contributed by atoms with Crippen LogP contribution in [-0.2, 0) is 4.79 Å². The molecule has 1 aromatic heterocycles. The zero-order valence-electron chi connectivity index (χ0n) is 11.1. The first-order valence-electron chi connectivity index (χ1n) is 6.19. The molecule has 0 aromatic carbocycles. The summed E-state index contributed by atoms with van der Waals surface area (Å²) in [6, 6.07) is 3.20. The van der Waals surface area contributed by atoms with Gasteiger partial charge in [-0.2, -0.15) is 0 Å². The maximum absolute atomic E-state index is 11.8. The highest BCUT2D eigenvalue weighted by Gasteiger charge is 2.20. The minimum absolute atomic E-state index is 0.0549. The average Bonchev–Trinajstić information content (AvgIpc) is 2.51. The summed E-state index contributed by atoms with van der Waals surface area (Å²) in [6.07, 6.45) is 0.879. The van der Waals surface area contributed by atoms with E-state index in [-0.39, 0.29) is 18.0 Å². The van der Waals surface area contributed by atoms with Gasteiger partial charge in [-0.15, -0.1) is 0 Å². The van der Waals surface area contributed by atoms with Crippen LogP contribution in [0.5, 0.6) is 0 Å². The van der Waals surface area contributed by atoms with Crippen LogP contribution >= 0.6 is 0 Å². The van der Waals surface area contributed by atoms with Gasteiger partial charge >= 0.3 is 5.97 Å². The maximum atomic E-state index is 11.8. The summed E-state index contributed by atoms with van der Waals surface area (Å²) in [5.41, 5.74) is 0.664. The fraction of sp³-hybridized carbons (Fsp3) is 0.462. The van der Waals surface area contributed by atoms with Gasteiger partial charge in [-0.05, 0) is 25.5 Å². The number of rotatable bonds is 2. The first-order valence-corrected chi connectivity index (χ1v) is 6.19. The fourth-order valence-corrected chi connectivity index (χ4v) is 2.13. The lowest BCUT2D eigenvalue weighted by molar-refractivity contribution is -0.127. The van der Waals surface area contributed by atoms with Crippen LogP contribution in [0.3, 0.4) is 0 Å². The highest BCUT2D eigenvalue weighted by molar-refractivity contribution is 5.89. The molecule has 1 aliphatic rings.